The van der Waals surface area contributed by atoms with Crippen LogP contribution < -0.4 is 4.18 Å². The molecule has 0 unspecified atom stereocenters. The molecule has 0 atom stereocenters. The summed E-state index contributed by atoms with van der Waals surface area (Å²) in [6.45, 7) is 3.68. The molecule has 0 fully saturated rings. The van der Waals surface area contributed by atoms with Crippen molar-refractivity contribution in [2.24, 2.45) is 0 Å². The third kappa shape index (κ3) is 4.98. The van der Waals surface area contributed by atoms with Crippen molar-refractivity contribution >= 4 is 21.9 Å². The molecule has 0 radical (unpaired) electrons. The number of benzene rings is 1. The third-order valence-corrected chi connectivity index (χ3v) is 5.35. The van der Waals surface area contributed by atoms with E-state index in [1.807, 2.05) is 19.9 Å². The molecule has 0 amide bonds. The number of aryl methyl sites for hydroxylation is 2. The Morgan fingerprint density at radius 2 is 1.96 bits per heavy atom. The van der Waals surface area contributed by atoms with Crippen LogP contribution >= 0.6 is 11.8 Å². The molecule has 1 aromatic carbocycles. The standard InChI is InChI=1S/C16H16N2O3S2/c1-12-10-13(2)18-16(15(12)11-17)22-8-9-23(19,20)21-14-6-4-3-5-7-14/h3-7,10H,8-9H2,1-2H3. The molecule has 1 heterocycles. The highest BCUT2D eigenvalue weighted by molar-refractivity contribution is 8.00. The summed E-state index contributed by atoms with van der Waals surface area (Å²) in [6, 6.07) is 12.3. The van der Waals surface area contributed by atoms with E-state index in [2.05, 4.69) is 11.1 Å². The predicted octanol–water partition coefficient (Wildman–Crippen LogP) is 3.07. The van der Waals surface area contributed by atoms with E-state index < -0.39 is 10.1 Å². The van der Waals surface area contributed by atoms with Crippen molar-refractivity contribution in [3.63, 3.8) is 0 Å². The van der Waals surface area contributed by atoms with E-state index in [0.29, 0.717) is 16.3 Å². The normalized spacial score (nSPS) is 11.0. The Kier molecular flexibility index (Phi) is 5.64. The maximum absolute atomic E-state index is 12.0. The highest BCUT2D eigenvalue weighted by Crippen LogP contribution is 2.24. The fourth-order valence-corrected chi connectivity index (χ4v) is 4.34. The molecule has 0 aliphatic carbocycles. The van der Waals surface area contributed by atoms with Crippen molar-refractivity contribution < 1.29 is 12.6 Å². The van der Waals surface area contributed by atoms with E-state index in [1.54, 1.807) is 30.3 Å². The molecule has 2 aromatic rings. The van der Waals surface area contributed by atoms with Crippen molar-refractivity contribution in [1.29, 1.82) is 5.26 Å². The van der Waals surface area contributed by atoms with Crippen LogP contribution in [0, 0.1) is 25.2 Å². The van der Waals surface area contributed by atoms with Crippen molar-refractivity contribution in [3.8, 4) is 11.8 Å². The second-order valence-corrected chi connectivity index (χ2v) is 7.65. The van der Waals surface area contributed by atoms with E-state index in [4.69, 9.17) is 4.18 Å². The van der Waals surface area contributed by atoms with Crippen LogP contribution in [-0.2, 0) is 10.1 Å². The maximum Gasteiger partial charge on any atom is 0.310 e. The van der Waals surface area contributed by atoms with Gasteiger partial charge in [-0.2, -0.15) is 13.7 Å². The van der Waals surface area contributed by atoms with E-state index >= 15 is 0 Å². The second-order valence-electron chi connectivity index (χ2n) is 4.88. The molecule has 0 saturated carbocycles. The molecule has 0 N–H and O–H groups in total. The van der Waals surface area contributed by atoms with Gasteiger partial charge in [0.1, 0.15) is 16.8 Å². The highest BCUT2D eigenvalue weighted by Gasteiger charge is 2.15. The van der Waals surface area contributed by atoms with E-state index in [-0.39, 0.29) is 11.5 Å². The molecule has 1 aromatic heterocycles. The number of nitrogens with zero attached hydrogens (tertiary/aromatic N) is 2. The van der Waals surface area contributed by atoms with Crippen LogP contribution in [0.25, 0.3) is 0 Å². The Balaban J connectivity index is 2.01. The smallest absolute Gasteiger partial charge is 0.310 e. The van der Waals surface area contributed by atoms with Gasteiger partial charge in [-0.25, -0.2) is 4.98 Å². The van der Waals surface area contributed by atoms with Crippen LogP contribution in [0.15, 0.2) is 41.4 Å². The van der Waals surface area contributed by atoms with E-state index in [0.717, 1.165) is 11.3 Å². The van der Waals surface area contributed by atoms with Crippen LogP contribution in [0.3, 0.4) is 0 Å². The first-order chi connectivity index (χ1) is 10.9. The molecule has 2 rings (SSSR count). The Bertz CT molecular complexity index is 828. The average Bonchev–Trinajstić information content (AvgIpc) is 2.47. The molecule has 0 spiro atoms. The minimum atomic E-state index is -3.68. The minimum Gasteiger partial charge on any atom is -0.382 e. The number of hydrogen-bond acceptors (Lipinski definition) is 6. The Morgan fingerprint density at radius 3 is 2.61 bits per heavy atom. The highest BCUT2D eigenvalue weighted by atomic mass is 32.2. The van der Waals surface area contributed by atoms with Crippen LogP contribution in [0.5, 0.6) is 5.75 Å². The lowest BCUT2D eigenvalue weighted by Gasteiger charge is -2.08. The number of thioether (sulfide) groups is 1. The van der Waals surface area contributed by atoms with Crippen LogP contribution in [0.2, 0.25) is 0 Å². The molecular formula is C16H16N2O3S2. The molecule has 0 aliphatic rings. The van der Waals surface area contributed by atoms with E-state index in [1.165, 1.54) is 11.8 Å². The lowest BCUT2D eigenvalue weighted by Crippen LogP contribution is -2.15. The summed E-state index contributed by atoms with van der Waals surface area (Å²) in [6.07, 6.45) is 0. The van der Waals surface area contributed by atoms with Crippen molar-refractivity contribution in [1.82, 2.24) is 4.98 Å². The molecule has 0 bridgehead atoms. The first kappa shape index (κ1) is 17.3. The Morgan fingerprint density at radius 1 is 1.26 bits per heavy atom. The van der Waals surface area contributed by atoms with Gasteiger partial charge in [-0.3, -0.25) is 0 Å². The van der Waals surface area contributed by atoms with Crippen molar-refractivity contribution in [2.75, 3.05) is 11.5 Å². The van der Waals surface area contributed by atoms with Gasteiger partial charge in [0.05, 0.1) is 11.3 Å². The first-order valence-electron chi connectivity index (χ1n) is 6.89. The summed E-state index contributed by atoms with van der Waals surface area (Å²) in [4.78, 5) is 4.31. The van der Waals surface area contributed by atoms with Gasteiger partial charge in [0.15, 0.2) is 0 Å². The Hall–Kier alpha value is -2.04. The molecule has 120 valence electrons. The van der Waals surface area contributed by atoms with Crippen molar-refractivity contribution in [2.45, 2.75) is 18.9 Å². The van der Waals surface area contributed by atoms with Gasteiger partial charge in [-0.1, -0.05) is 18.2 Å². The first-order valence-corrected chi connectivity index (χ1v) is 9.46. The lowest BCUT2D eigenvalue weighted by molar-refractivity contribution is 0.488. The number of pyridine rings is 1. The molecule has 7 heteroatoms. The van der Waals surface area contributed by atoms with Gasteiger partial charge in [-0.05, 0) is 37.6 Å². The summed E-state index contributed by atoms with van der Waals surface area (Å²) in [5.41, 5.74) is 2.13. The molecule has 0 aliphatic heterocycles. The largest absolute Gasteiger partial charge is 0.382 e. The van der Waals surface area contributed by atoms with E-state index in [9.17, 15) is 13.7 Å². The minimum absolute atomic E-state index is 0.161. The number of para-hydroxylation sites is 1. The zero-order chi connectivity index (χ0) is 16.9. The molecule has 23 heavy (non-hydrogen) atoms. The lowest BCUT2D eigenvalue weighted by atomic mass is 10.1. The zero-order valence-corrected chi connectivity index (χ0v) is 14.4. The Labute approximate surface area is 140 Å². The summed E-state index contributed by atoms with van der Waals surface area (Å²) >= 11 is 1.24. The van der Waals surface area contributed by atoms with Crippen LogP contribution in [-0.4, -0.2) is 24.9 Å². The fraction of sp³-hybridized carbons (Fsp3) is 0.250. The number of hydrogen-bond donors (Lipinski definition) is 0. The monoisotopic (exact) mass is 348 g/mol. The van der Waals surface area contributed by atoms with Gasteiger partial charge < -0.3 is 4.18 Å². The van der Waals surface area contributed by atoms with Gasteiger partial charge in [0, 0.05) is 11.4 Å². The number of rotatable bonds is 6. The predicted molar refractivity (Wildman–Crippen MR) is 90.0 cm³/mol. The molecular weight excluding hydrogens is 332 g/mol. The van der Waals surface area contributed by atoms with Gasteiger partial charge >= 0.3 is 10.1 Å². The molecule has 0 saturated heterocycles. The van der Waals surface area contributed by atoms with Crippen LogP contribution in [0.4, 0.5) is 0 Å². The van der Waals surface area contributed by atoms with Gasteiger partial charge in [0.2, 0.25) is 0 Å². The maximum atomic E-state index is 12.0. The summed E-state index contributed by atoms with van der Waals surface area (Å²) in [5, 5.41) is 9.75. The fourth-order valence-electron chi connectivity index (χ4n) is 1.95. The molecule has 5 nitrogen and oxygen atoms in total. The SMILES string of the molecule is Cc1cc(C)c(C#N)c(SCCS(=O)(=O)Oc2ccccc2)n1. The quantitative estimate of drug-likeness (QED) is 0.589. The van der Waals surface area contributed by atoms with Crippen LogP contribution in [0.1, 0.15) is 16.8 Å². The summed E-state index contributed by atoms with van der Waals surface area (Å²) in [7, 11) is -3.68. The summed E-state index contributed by atoms with van der Waals surface area (Å²) < 4.78 is 28.9. The van der Waals surface area contributed by atoms with Gasteiger partial charge in [-0.15, -0.1) is 11.8 Å². The zero-order valence-electron chi connectivity index (χ0n) is 12.8. The van der Waals surface area contributed by atoms with Gasteiger partial charge in [0.25, 0.3) is 0 Å². The number of nitriles is 1. The average molecular weight is 348 g/mol. The number of aromatic nitrogens is 1. The summed E-state index contributed by atoms with van der Waals surface area (Å²) in [5.74, 6) is 0.394. The van der Waals surface area contributed by atoms with Crippen molar-refractivity contribution in [3.05, 3.63) is 53.2 Å². The second kappa shape index (κ2) is 7.49. The third-order valence-electron chi connectivity index (χ3n) is 2.96. The topological polar surface area (TPSA) is 80.0 Å².